The fourth-order valence-corrected chi connectivity index (χ4v) is 6.27. The first-order valence-electron chi connectivity index (χ1n) is 12.0. The van der Waals surface area contributed by atoms with E-state index in [4.69, 9.17) is 4.42 Å². The van der Waals surface area contributed by atoms with Crippen LogP contribution >= 0.6 is 0 Å². The SMILES string of the molecule is O=C(NCC1CC2c3ccccc3C1c1ccccc12)C1CCCN(C(=O)c2ccco2)C1. The maximum atomic E-state index is 13.1. The number of carbonyl (C=O) groups excluding carboxylic acids is 2. The number of furan rings is 1. The van der Waals surface area contributed by atoms with Gasteiger partial charge < -0.3 is 14.6 Å². The van der Waals surface area contributed by atoms with Crippen LogP contribution in [0.2, 0.25) is 0 Å². The van der Waals surface area contributed by atoms with Crippen molar-refractivity contribution in [1.82, 2.24) is 10.2 Å². The lowest BCUT2D eigenvalue weighted by atomic mass is 9.59. The van der Waals surface area contributed by atoms with E-state index in [2.05, 4.69) is 53.8 Å². The molecular formula is C28H28N2O3. The van der Waals surface area contributed by atoms with Crippen LogP contribution in [0.5, 0.6) is 0 Å². The Bertz CT molecular complexity index is 1140. The number of fused-ring (bicyclic) bond motifs is 1. The Kier molecular flexibility index (Phi) is 5.05. The van der Waals surface area contributed by atoms with Gasteiger partial charge in [-0.1, -0.05) is 48.5 Å². The standard InChI is InChI=1S/C28H28N2O3/c31-27(18-7-5-13-30(17-18)28(32)25-12-6-14-33-25)29-16-19-15-24-20-8-1-3-10-22(20)26(19)23-11-4-2-9-21(23)24/h1-4,6,8-12,14,18-19,24,26H,5,7,13,15-17H2,(H,29,31). The summed E-state index contributed by atoms with van der Waals surface area (Å²) in [5.74, 6) is 1.22. The van der Waals surface area contributed by atoms with E-state index >= 15 is 0 Å². The number of piperidine rings is 1. The summed E-state index contributed by atoms with van der Waals surface area (Å²) in [6.45, 7) is 1.79. The van der Waals surface area contributed by atoms with E-state index in [-0.39, 0.29) is 17.7 Å². The zero-order valence-corrected chi connectivity index (χ0v) is 18.6. The summed E-state index contributed by atoms with van der Waals surface area (Å²) in [6, 6.07) is 21.0. The van der Waals surface area contributed by atoms with Crippen molar-refractivity contribution in [2.24, 2.45) is 11.8 Å². The Morgan fingerprint density at radius 1 is 0.939 bits per heavy atom. The first-order chi connectivity index (χ1) is 16.2. The van der Waals surface area contributed by atoms with Crippen molar-refractivity contribution in [3.63, 3.8) is 0 Å². The molecule has 7 rings (SSSR count). The van der Waals surface area contributed by atoms with Crippen molar-refractivity contribution in [3.8, 4) is 0 Å². The number of rotatable bonds is 4. The zero-order chi connectivity index (χ0) is 22.4. The lowest BCUT2D eigenvalue weighted by Gasteiger charge is -2.45. The third-order valence-electron chi connectivity index (χ3n) is 7.77. The minimum Gasteiger partial charge on any atom is -0.459 e. The average molecular weight is 441 g/mol. The van der Waals surface area contributed by atoms with Gasteiger partial charge in [0.2, 0.25) is 5.91 Å². The number of nitrogens with zero attached hydrogens (tertiary/aromatic N) is 1. The predicted octanol–water partition coefficient (Wildman–Crippen LogP) is 4.55. The van der Waals surface area contributed by atoms with E-state index in [0.717, 1.165) is 19.3 Å². The normalized spacial score (nSPS) is 25.3. The Morgan fingerprint density at radius 2 is 1.64 bits per heavy atom. The molecule has 33 heavy (non-hydrogen) atoms. The largest absolute Gasteiger partial charge is 0.459 e. The lowest BCUT2D eigenvalue weighted by Crippen LogP contribution is -2.47. The average Bonchev–Trinajstić information content (AvgIpc) is 3.42. The molecule has 1 aliphatic heterocycles. The second-order valence-corrected chi connectivity index (χ2v) is 9.60. The van der Waals surface area contributed by atoms with Gasteiger partial charge in [-0.3, -0.25) is 9.59 Å². The third kappa shape index (κ3) is 3.47. The number of likely N-dealkylation sites (tertiary alicyclic amines) is 1. The summed E-state index contributed by atoms with van der Waals surface area (Å²) in [5.41, 5.74) is 5.73. The van der Waals surface area contributed by atoms with Crippen molar-refractivity contribution in [2.75, 3.05) is 19.6 Å². The molecule has 2 atom stereocenters. The van der Waals surface area contributed by atoms with E-state index in [9.17, 15) is 9.59 Å². The van der Waals surface area contributed by atoms with Crippen LogP contribution in [0.4, 0.5) is 0 Å². The molecule has 2 aromatic carbocycles. The van der Waals surface area contributed by atoms with E-state index in [1.807, 2.05) is 0 Å². The molecule has 0 spiro atoms. The number of hydrogen-bond acceptors (Lipinski definition) is 3. The van der Waals surface area contributed by atoms with Gasteiger partial charge >= 0.3 is 0 Å². The molecule has 2 heterocycles. The molecule has 0 radical (unpaired) electrons. The van der Waals surface area contributed by atoms with Gasteiger partial charge in [0.25, 0.3) is 5.91 Å². The van der Waals surface area contributed by atoms with E-state index in [0.29, 0.717) is 43.1 Å². The monoisotopic (exact) mass is 440 g/mol. The van der Waals surface area contributed by atoms with Crippen molar-refractivity contribution >= 4 is 11.8 Å². The number of amides is 2. The van der Waals surface area contributed by atoms with Crippen LogP contribution in [0.3, 0.4) is 0 Å². The highest BCUT2D eigenvalue weighted by molar-refractivity contribution is 5.92. The van der Waals surface area contributed by atoms with Crippen LogP contribution in [0.15, 0.2) is 71.3 Å². The summed E-state index contributed by atoms with van der Waals surface area (Å²) < 4.78 is 5.26. The third-order valence-corrected chi connectivity index (χ3v) is 7.77. The summed E-state index contributed by atoms with van der Waals surface area (Å²) in [7, 11) is 0. The number of carbonyl (C=O) groups is 2. The van der Waals surface area contributed by atoms with E-state index < -0.39 is 0 Å². The highest BCUT2D eigenvalue weighted by Gasteiger charge is 2.43. The van der Waals surface area contributed by atoms with Crippen molar-refractivity contribution in [1.29, 1.82) is 0 Å². The molecule has 0 saturated carbocycles. The van der Waals surface area contributed by atoms with E-state index in [1.165, 1.54) is 28.5 Å². The van der Waals surface area contributed by atoms with Gasteiger partial charge in [0.05, 0.1) is 12.2 Å². The molecule has 2 unspecified atom stereocenters. The van der Waals surface area contributed by atoms with Gasteiger partial charge in [-0.25, -0.2) is 0 Å². The summed E-state index contributed by atoms with van der Waals surface area (Å²) in [4.78, 5) is 27.5. The molecule has 4 aliphatic rings. The second-order valence-electron chi connectivity index (χ2n) is 9.60. The fourth-order valence-electron chi connectivity index (χ4n) is 6.27. The molecule has 168 valence electrons. The van der Waals surface area contributed by atoms with E-state index in [1.54, 1.807) is 17.0 Å². The number of nitrogens with one attached hydrogen (secondary N) is 1. The first kappa shape index (κ1) is 20.3. The molecule has 1 aromatic heterocycles. The predicted molar refractivity (Wildman–Crippen MR) is 125 cm³/mol. The first-order valence-corrected chi connectivity index (χ1v) is 12.0. The topological polar surface area (TPSA) is 62.6 Å². The van der Waals surface area contributed by atoms with Gasteiger partial charge in [0, 0.05) is 31.5 Å². The summed E-state index contributed by atoms with van der Waals surface area (Å²) in [5, 5.41) is 3.26. The molecule has 2 bridgehead atoms. The van der Waals surface area contributed by atoms with Crippen LogP contribution < -0.4 is 5.32 Å². The molecule has 5 nitrogen and oxygen atoms in total. The molecule has 1 fully saturated rings. The van der Waals surface area contributed by atoms with Crippen LogP contribution in [0, 0.1) is 11.8 Å². The van der Waals surface area contributed by atoms with Crippen LogP contribution in [0.1, 0.15) is 63.9 Å². The van der Waals surface area contributed by atoms with Gasteiger partial charge in [-0.2, -0.15) is 0 Å². The highest BCUT2D eigenvalue weighted by atomic mass is 16.3. The van der Waals surface area contributed by atoms with Crippen LogP contribution in [-0.2, 0) is 4.79 Å². The number of benzene rings is 2. The van der Waals surface area contributed by atoms with Gasteiger partial charge in [-0.15, -0.1) is 0 Å². The molecule has 1 N–H and O–H groups in total. The minimum atomic E-state index is -0.169. The maximum absolute atomic E-state index is 13.1. The van der Waals surface area contributed by atoms with Gasteiger partial charge in [0.1, 0.15) is 0 Å². The number of hydrogen-bond donors (Lipinski definition) is 1. The maximum Gasteiger partial charge on any atom is 0.289 e. The fraction of sp³-hybridized carbons (Fsp3) is 0.357. The Labute approximate surface area is 193 Å². The molecule has 1 saturated heterocycles. The van der Waals surface area contributed by atoms with Crippen molar-refractivity contribution < 1.29 is 14.0 Å². The van der Waals surface area contributed by atoms with Crippen molar-refractivity contribution in [2.45, 2.75) is 31.1 Å². The van der Waals surface area contributed by atoms with Crippen molar-refractivity contribution in [3.05, 3.63) is 94.9 Å². The molecule has 5 heteroatoms. The van der Waals surface area contributed by atoms with Crippen LogP contribution in [0.25, 0.3) is 0 Å². The lowest BCUT2D eigenvalue weighted by molar-refractivity contribution is -0.126. The summed E-state index contributed by atoms with van der Waals surface area (Å²) >= 11 is 0. The highest BCUT2D eigenvalue weighted by Crippen LogP contribution is 2.55. The zero-order valence-electron chi connectivity index (χ0n) is 18.6. The Balaban J connectivity index is 1.15. The Hall–Kier alpha value is -3.34. The Morgan fingerprint density at radius 3 is 2.30 bits per heavy atom. The molecule has 2 amide bonds. The quantitative estimate of drug-likeness (QED) is 0.648. The summed E-state index contributed by atoms with van der Waals surface area (Å²) in [6.07, 6.45) is 4.22. The second kappa shape index (κ2) is 8.22. The van der Waals surface area contributed by atoms with Crippen LogP contribution in [-0.4, -0.2) is 36.3 Å². The molecule has 3 aromatic rings. The molecule has 3 aliphatic carbocycles. The van der Waals surface area contributed by atoms with Gasteiger partial charge in [0.15, 0.2) is 5.76 Å². The smallest absolute Gasteiger partial charge is 0.289 e. The minimum absolute atomic E-state index is 0.0648. The van der Waals surface area contributed by atoms with Gasteiger partial charge in [-0.05, 0) is 59.6 Å². The molecular weight excluding hydrogens is 412 g/mol.